The van der Waals surface area contributed by atoms with Crippen LogP contribution in [-0.2, 0) is 52.4 Å². The van der Waals surface area contributed by atoms with Gasteiger partial charge in [0.05, 0.1) is 5.56 Å². The molecular formula is C25H30N2O12. The maximum absolute atomic E-state index is 13.4. The molecule has 7 atom stereocenters. The summed E-state index contributed by atoms with van der Waals surface area (Å²) in [5.74, 6) is -3.84. The normalized spacial score (nSPS) is 27.8. The lowest BCUT2D eigenvalue weighted by Gasteiger charge is -2.44. The van der Waals surface area contributed by atoms with Crippen LogP contribution < -0.4 is 5.32 Å². The minimum absolute atomic E-state index is 0.0351. The standard InChI is InChI=1S/C25H30N2O12/c1-11-19(27-24(35-11)16-8-6-7-9-17(16)32)23(33)26-20-22(37-14(4)30)21(36-13(3)29)18(10-34-12(2)28)39-25(20)38-15(5)31/h6-9,11,18-22,25,32H,10H2,1-5H3,(H,26,33)/t11-,18?,19-,20?,21?,22?,25?/m0/s1. The molecular weight excluding hydrogens is 520 g/mol. The fourth-order valence-corrected chi connectivity index (χ4v) is 4.13. The van der Waals surface area contributed by atoms with Gasteiger partial charge in [0.1, 0.15) is 30.6 Å². The lowest BCUT2D eigenvalue weighted by atomic mass is 9.95. The van der Waals surface area contributed by atoms with E-state index >= 15 is 0 Å². The van der Waals surface area contributed by atoms with Gasteiger partial charge in [0.2, 0.25) is 18.1 Å². The number of benzene rings is 1. The lowest BCUT2D eigenvalue weighted by Crippen LogP contribution is -2.67. The Bertz CT molecular complexity index is 1150. The highest BCUT2D eigenvalue weighted by atomic mass is 16.7. The Morgan fingerprint density at radius 2 is 1.54 bits per heavy atom. The van der Waals surface area contributed by atoms with E-state index in [1.54, 1.807) is 25.1 Å². The van der Waals surface area contributed by atoms with Crippen molar-refractivity contribution < 1.29 is 57.5 Å². The van der Waals surface area contributed by atoms with E-state index in [-0.39, 0.29) is 17.2 Å². The number of para-hydroxylation sites is 1. The third kappa shape index (κ3) is 7.44. The van der Waals surface area contributed by atoms with Crippen LogP contribution in [0.4, 0.5) is 0 Å². The van der Waals surface area contributed by atoms with Crippen LogP contribution in [0.5, 0.6) is 5.75 Å². The Morgan fingerprint density at radius 1 is 0.923 bits per heavy atom. The first-order chi connectivity index (χ1) is 18.4. The van der Waals surface area contributed by atoms with Crippen molar-refractivity contribution in [3.63, 3.8) is 0 Å². The summed E-state index contributed by atoms with van der Waals surface area (Å²) in [4.78, 5) is 64.9. The highest BCUT2D eigenvalue weighted by Crippen LogP contribution is 2.29. The zero-order chi connectivity index (χ0) is 28.9. The van der Waals surface area contributed by atoms with E-state index in [4.69, 9.17) is 28.4 Å². The molecule has 2 N–H and O–H groups in total. The Hall–Kier alpha value is -4.20. The number of aromatic hydroxyl groups is 1. The average molecular weight is 551 g/mol. The molecule has 14 nitrogen and oxygen atoms in total. The topological polar surface area (TPSA) is 185 Å². The van der Waals surface area contributed by atoms with Crippen molar-refractivity contribution in [1.29, 1.82) is 0 Å². The van der Waals surface area contributed by atoms with Gasteiger partial charge >= 0.3 is 23.9 Å². The number of nitrogens with zero attached hydrogens (tertiary/aromatic N) is 1. The number of nitrogens with one attached hydrogen (secondary N) is 1. The number of esters is 4. The zero-order valence-corrected chi connectivity index (χ0v) is 21.9. The third-order valence-corrected chi connectivity index (χ3v) is 5.69. The summed E-state index contributed by atoms with van der Waals surface area (Å²) < 4.78 is 32.5. The van der Waals surface area contributed by atoms with Crippen LogP contribution in [0.2, 0.25) is 0 Å². The molecule has 0 aliphatic carbocycles. The molecule has 39 heavy (non-hydrogen) atoms. The molecule has 1 fully saturated rings. The van der Waals surface area contributed by atoms with E-state index in [2.05, 4.69) is 10.3 Å². The summed E-state index contributed by atoms with van der Waals surface area (Å²) in [6.45, 7) is 5.59. The number of hydrogen-bond acceptors (Lipinski definition) is 13. The molecule has 2 aliphatic heterocycles. The van der Waals surface area contributed by atoms with Crippen molar-refractivity contribution in [2.75, 3.05) is 6.61 Å². The smallest absolute Gasteiger partial charge is 0.305 e. The van der Waals surface area contributed by atoms with E-state index in [9.17, 15) is 29.1 Å². The van der Waals surface area contributed by atoms with E-state index in [1.807, 2.05) is 0 Å². The first kappa shape index (κ1) is 29.4. The fourth-order valence-electron chi connectivity index (χ4n) is 4.13. The Kier molecular flexibility index (Phi) is 9.46. The molecule has 0 saturated carbocycles. The van der Waals surface area contributed by atoms with Gasteiger partial charge in [-0.1, -0.05) is 12.1 Å². The second-order valence-corrected chi connectivity index (χ2v) is 8.86. The Morgan fingerprint density at radius 3 is 2.13 bits per heavy atom. The highest BCUT2D eigenvalue weighted by Gasteiger charge is 2.53. The predicted molar refractivity (Wildman–Crippen MR) is 129 cm³/mol. The number of carbonyl (C=O) groups excluding carboxylic acids is 5. The first-order valence-corrected chi connectivity index (χ1v) is 12.0. The van der Waals surface area contributed by atoms with Crippen molar-refractivity contribution in [3.8, 4) is 5.75 Å². The van der Waals surface area contributed by atoms with Crippen molar-refractivity contribution in [1.82, 2.24) is 5.32 Å². The van der Waals surface area contributed by atoms with Crippen molar-refractivity contribution in [3.05, 3.63) is 29.8 Å². The number of ether oxygens (including phenoxy) is 6. The second kappa shape index (κ2) is 12.6. The second-order valence-electron chi connectivity index (χ2n) is 8.86. The molecule has 0 spiro atoms. The molecule has 0 radical (unpaired) electrons. The SMILES string of the molecule is CC(=O)OCC1OC(OC(C)=O)C(NC(=O)[C@H]2N=C(c3ccccc3O)O[C@H]2C)C(OC(C)=O)C1OC(C)=O. The summed E-state index contributed by atoms with van der Waals surface area (Å²) in [5.41, 5.74) is 0.277. The number of carbonyl (C=O) groups is 5. The highest BCUT2D eigenvalue weighted by molar-refractivity contribution is 6.00. The van der Waals surface area contributed by atoms with Gasteiger partial charge in [0.15, 0.2) is 18.2 Å². The quantitative estimate of drug-likeness (QED) is 0.330. The minimum atomic E-state index is -1.54. The fraction of sp³-hybridized carbons (Fsp3) is 0.520. The van der Waals surface area contributed by atoms with E-state index < -0.39 is 79.2 Å². The van der Waals surface area contributed by atoms with Crippen LogP contribution >= 0.6 is 0 Å². The van der Waals surface area contributed by atoms with Crippen molar-refractivity contribution in [2.45, 2.75) is 77.4 Å². The molecule has 1 amide bonds. The zero-order valence-electron chi connectivity index (χ0n) is 21.9. The largest absolute Gasteiger partial charge is 0.507 e. The third-order valence-electron chi connectivity index (χ3n) is 5.69. The van der Waals surface area contributed by atoms with E-state index in [0.29, 0.717) is 0 Å². The Labute approximate surface area is 223 Å². The van der Waals surface area contributed by atoms with Gasteiger partial charge in [-0.2, -0.15) is 0 Å². The monoisotopic (exact) mass is 550 g/mol. The molecule has 0 bridgehead atoms. The van der Waals surface area contributed by atoms with Gasteiger partial charge in [-0.15, -0.1) is 0 Å². The van der Waals surface area contributed by atoms with Gasteiger partial charge < -0.3 is 38.8 Å². The first-order valence-electron chi connectivity index (χ1n) is 12.0. The predicted octanol–water partition coefficient (Wildman–Crippen LogP) is 0.125. The molecule has 14 heteroatoms. The molecule has 0 aromatic heterocycles. The summed E-state index contributed by atoms with van der Waals surface area (Å²) in [5, 5.41) is 12.7. The van der Waals surface area contributed by atoms with Crippen LogP contribution in [-0.4, -0.2) is 90.2 Å². The van der Waals surface area contributed by atoms with Gasteiger partial charge in [-0.25, -0.2) is 4.99 Å². The number of aliphatic imine (C=N–C) groups is 1. The molecule has 3 rings (SSSR count). The summed E-state index contributed by atoms with van der Waals surface area (Å²) >= 11 is 0. The summed E-state index contributed by atoms with van der Waals surface area (Å²) in [6, 6.07) is 3.78. The molecule has 1 saturated heterocycles. The summed E-state index contributed by atoms with van der Waals surface area (Å²) in [7, 11) is 0. The van der Waals surface area contributed by atoms with Crippen LogP contribution in [0.1, 0.15) is 40.2 Å². The van der Waals surface area contributed by atoms with Gasteiger partial charge in [-0.3, -0.25) is 24.0 Å². The van der Waals surface area contributed by atoms with Crippen LogP contribution in [0, 0.1) is 0 Å². The molecule has 212 valence electrons. The number of rotatable bonds is 8. The molecule has 1 aromatic carbocycles. The maximum atomic E-state index is 13.4. The average Bonchev–Trinajstić information content (AvgIpc) is 3.22. The van der Waals surface area contributed by atoms with E-state index in [0.717, 1.165) is 27.7 Å². The van der Waals surface area contributed by atoms with Gasteiger partial charge in [0.25, 0.3) is 0 Å². The Balaban J connectivity index is 1.95. The van der Waals surface area contributed by atoms with Crippen LogP contribution in [0.3, 0.4) is 0 Å². The minimum Gasteiger partial charge on any atom is -0.507 e. The van der Waals surface area contributed by atoms with Gasteiger partial charge in [0, 0.05) is 27.7 Å². The van der Waals surface area contributed by atoms with Crippen LogP contribution in [0.25, 0.3) is 0 Å². The van der Waals surface area contributed by atoms with E-state index in [1.165, 1.54) is 6.07 Å². The van der Waals surface area contributed by atoms with Gasteiger partial charge in [-0.05, 0) is 19.1 Å². The number of amides is 1. The maximum Gasteiger partial charge on any atom is 0.305 e. The molecule has 2 heterocycles. The lowest BCUT2D eigenvalue weighted by molar-refractivity contribution is -0.271. The van der Waals surface area contributed by atoms with Crippen molar-refractivity contribution in [2.24, 2.45) is 4.99 Å². The molecule has 2 aliphatic rings. The molecule has 5 unspecified atom stereocenters. The van der Waals surface area contributed by atoms with Crippen molar-refractivity contribution >= 4 is 35.7 Å². The number of hydrogen-bond donors (Lipinski definition) is 2. The van der Waals surface area contributed by atoms with Crippen LogP contribution in [0.15, 0.2) is 29.3 Å². The molecule has 1 aromatic rings. The number of phenols is 1. The summed E-state index contributed by atoms with van der Waals surface area (Å²) in [6.07, 6.45) is -6.32. The number of phenolic OH excluding ortho intramolecular Hbond substituents is 1.